The van der Waals surface area contributed by atoms with Crippen LogP contribution in [0.15, 0.2) is 40.8 Å². The maximum atomic E-state index is 5.97. The highest BCUT2D eigenvalue weighted by Gasteiger charge is 2.07. The molecule has 0 atom stereocenters. The fraction of sp³-hybridized carbons (Fsp3) is 0.154. The largest absolute Gasteiger partial charge is 0.459 e. The van der Waals surface area contributed by atoms with Crippen LogP contribution in [0.4, 0.5) is 5.95 Å². The maximum absolute atomic E-state index is 5.97. The zero-order valence-corrected chi connectivity index (χ0v) is 11.5. The summed E-state index contributed by atoms with van der Waals surface area (Å²) in [4.78, 5) is 0. The van der Waals surface area contributed by atoms with E-state index in [2.05, 4.69) is 20.8 Å². The van der Waals surface area contributed by atoms with E-state index in [1.807, 2.05) is 36.4 Å². The Hall–Kier alpha value is -2.34. The van der Waals surface area contributed by atoms with Gasteiger partial charge in [0.05, 0.1) is 6.54 Å². The summed E-state index contributed by atoms with van der Waals surface area (Å²) in [7, 11) is 1.77. The van der Waals surface area contributed by atoms with Crippen molar-refractivity contribution in [2.75, 3.05) is 5.32 Å². The van der Waals surface area contributed by atoms with E-state index >= 15 is 0 Å². The monoisotopic (exact) mass is 289 g/mol. The summed E-state index contributed by atoms with van der Waals surface area (Å²) in [6, 6.07) is 11.4. The lowest BCUT2D eigenvalue weighted by Gasteiger charge is -2.01. The van der Waals surface area contributed by atoms with Crippen LogP contribution in [0.25, 0.3) is 11.3 Å². The van der Waals surface area contributed by atoms with Gasteiger partial charge in [-0.1, -0.05) is 28.8 Å². The third kappa shape index (κ3) is 2.65. The maximum Gasteiger partial charge on any atom is 0.243 e. The topological polar surface area (TPSA) is 68.8 Å². The summed E-state index contributed by atoms with van der Waals surface area (Å²) < 4.78 is 7.32. The molecule has 0 spiro atoms. The first-order valence-electron chi connectivity index (χ1n) is 6.03. The van der Waals surface area contributed by atoms with Gasteiger partial charge in [-0.3, -0.25) is 0 Å². The van der Waals surface area contributed by atoms with Crippen molar-refractivity contribution in [2.24, 2.45) is 7.05 Å². The van der Waals surface area contributed by atoms with Gasteiger partial charge in [-0.2, -0.15) is 0 Å². The normalized spacial score (nSPS) is 10.7. The summed E-state index contributed by atoms with van der Waals surface area (Å²) in [6.07, 6.45) is 0. The molecule has 0 unspecified atom stereocenters. The third-order valence-electron chi connectivity index (χ3n) is 2.81. The average molecular weight is 290 g/mol. The van der Waals surface area contributed by atoms with Crippen molar-refractivity contribution >= 4 is 17.5 Å². The molecule has 0 bridgehead atoms. The third-order valence-corrected chi connectivity index (χ3v) is 3.05. The molecule has 3 aromatic rings. The molecule has 0 aliphatic rings. The number of nitrogens with zero attached hydrogens (tertiary/aromatic N) is 4. The van der Waals surface area contributed by atoms with Crippen LogP contribution in [0.5, 0.6) is 0 Å². The summed E-state index contributed by atoms with van der Waals surface area (Å²) in [5.41, 5.74) is 0.948. The predicted molar refractivity (Wildman–Crippen MR) is 75.3 cm³/mol. The second kappa shape index (κ2) is 5.34. The molecule has 0 aliphatic carbocycles. The predicted octanol–water partition coefficient (Wildman–Crippen LogP) is 2.74. The molecule has 0 fully saturated rings. The van der Waals surface area contributed by atoms with Gasteiger partial charge in [-0.25, -0.2) is 4.68 Å². The van der Waals surface area contributed by atoms with Gasteiger partial charge in [0.15, 0.2) is 0 Å². The van der Waals surface area contributed by atoms with Crippen molar-refractivity contribution in [1.29, 1.82) is 0 Å². The highest BCUT2D eigenvalue weighted by atomic mass is 35.5. The van der Waals surface area contributed by atoms with Crippen molar-refractivity contribution in [2.45, 2.75) is 6.54 Å². The van der Waals surface area contributed by atoms with Gasteiger partial charge in [-0.05, 0) is 34.7 Å². The van der Waals surface area contributed by atoms with Crippen LogP contribution in [0.3, 0.4) is 0 Å². The number of halogens is 1. The van der Waals surface area contributed by atoms with E-state index < -0.39 is 0 Å². The lowest BCUT2D eigenvalue weighted by atomic mass is 10.2. The first kappa shape index (κ1) is 12.7. The van der Waals surface area contributed by atoms with Gasteiger partial charge in [0.2, 0.25) is 5.95 Å². The Bertz CT molecular complexity index is 721. The van der Waals surface area contributed by atoms with E-state index in [1.165, 1.54) is 0 Å². The summed E-state index contributed by atoms with van der Waals surface area (Å²) in [6.45, 7) is 0.509. The average Bonchev–Trinajstić information content (AvgIpc) is 3.05. The Labute approximate surface area is 120 Å². The Balaban J connectivity index is 1.72. The molecule has 0 saturated heterocycles. The number of rotatable bonds is 4. The van der Waals surface area contributed by atoms with E-state index in [1.54, 1.807) is 11.7 Å². The molecule has 20 heavy (non-hydrogen) atoms. The lowest BCUT2D eigenvalue weighted by molar-refractivity contribution is 0.530. The molecular formula is C13H12ClN5O. The van der Waals surface area contributed by atoms with Crippen molar-refractivity contribution in [1.82, 2.24) is 20.2 Å². The summed E-state index contributed by atoms with van der Waals surface area (Å²) >= 11 is 5.97. The number of hydrogen-bond donors (Lipinski definition) is 1. The van der Waals surface area contributed by atoms with Crippen LogP contribution in [0, 0.1) is 0 Å². The lowest BCUT2D eigenvalue weighted by Crippen LogP contribution is -2.04. The number of furan rings is 1. The van der Waals surface area contributed by atoms with Crippen molar-refractivity contribution in [3.05, 3.63) is 47.2 Å². The first-order valence-corrected chi connectivity index (χ1v) is 6.41. The zero-order valence-electron chi connectivity index (χ0n) is 10.7. The first-order chi connectivity index (χ1) is 9.72. The van der Waals surface area contributed by atoms with Crippen LogP contribution in [-0.2, 0) is 13.6 Å². The number of nitrogens with one attached hydrogen (secondary N) is 1. The van der Waals surface area contributed by atoms with Crippen LogP contribution in [0.2, 0.25) is 5.02 Å². The molecule has 102 valence electrons. The van der Waals surface area contributed by atoms with E-state index in [0.29, 0.717) is 17.5 Å². The van der Waals surface area contributed by atoms with Gasteiger partial charge >= 0.3 is 0 Å². The molecule has 0 saturated carbocycles. The van der Waals surface area contributed by atoms with Crippen molar-refractivity contribution in [3.8, 4) is 11.3 Å². The van der Waals surface area contributed by atoms with Crippen LogP contribution in [0.1, 0.15) is 5.76 Å². The molecule has 0 aliphatic heterocycles. The quantitative estimate of drug-likeness (QED) is 0.800. The number of benzene rings is 1. The standard InChI is InChI=1S/C13H12ClN5O/c1-19-13(16-17-18-19)15-8-11-5-6-12(20-11)9-3-2-4-10(14)7-9/h2-7H,8H2,1H3,(H,15,16,18). The smallest absolute Gasteiger partial charge is 0.243 e. The Kier molecular flexibility index (Phi) is 3.39. The number of aromatic nitrogens is 4. The molecule has 2 aromatic heterocycles. The van der Waals surface area contributed by atoms with Gasteiger partial charge in [-0.15, -0.1) is 0 Å². The van der Waals surface area contributed by atoms with Crippen LogP contribution in [-0.4, -0.2) is 20.2 Å². The van der Waals surface area contributed by atoms with E-state index in [0.717, 1.165) is 17.1 Å². The zero-order chi connectivity index (χ0) is 13.9. The molecule has 1 aromatic carbocycles. The van der Waals surface area contributed by atoms with E-state index in [-0.39, 0.29) is 0 Å². The van der Waals surface area contributed by atoms with Crippen molar-refractivity contribution in [3.63, 3.8) is 0 Å². The Morgan fingerprint density at radius 3 is 2.95 bits per heavy atom. The molecule has 2 heterocycles. The minimum atomic E-state index is 0.509. The molecule has 0 amide bonds. The highest BCUT2D eigenvalue weighted by Crippen LogP contribution is 2.24. The molecule has 7 heteroatoms. The minimum absolute atomic E-state index is 0.509. The number of anilines is 1. The van der Waals surface area contributed by atoms with E-state index in [4.69, 9.17) is 16.0 Å². The summed E-state index contributed by atoms with van der Waals surface area (Å²) in [5.74, 6) is 2.16. The summed E-state index contributed by atoms with van der Waals surface area (Å²) in [5, 5.41) is 14.9. The fourth-order valence-corrected chi connectivity index (χ4v) is 2.01. The van der Waals surface area contributed by atoms with Gasteiger partial charge in [0.1, 0.15) is 11.5 Å². The van der Waals surface area contributed by atoms with E-state index in [9.17, 15) is 0 Å². The number of hydrogen-bond acceptors (Lipinski definition) is 5. The highest BCUT2D eigenvalue weighted by molar-refractivity contribution is 6.30. The molecule has 1 N–H and O–H groups in total. The minimum Gasteiger partial charge on any atom is -0.459 e. The van der Waals surface area contributed by atoms with Crippen LogP contribution < -0.4 is 5.32 Å². The van der Waals surface area contributed by atoms with Crippen molar-refractivity contribution < 1.29 is 4.42 Å². The Morgan fingerprint density at radius 2 is 2.20 bits per heavy atom. The van der Waals surface area contributed by atoms with Gasteiger partial charge in [0, 0.05) is 17.6 Å². The van der Waals surface area contributed by atoms with Crippen LogP contribution >= 0.6 is 11.6 Å². The number of tetrazole rings is 1. The van der Waals surface area contributed by atoms with Gasteiger partial charge in [0.25, 0.3) is 0 Å². The number of aryl methyl sites for hydroxylation is 1. The molecule has 6 nitrogen and oxygen atoms in total. The molecule has 0 radical (unpaired) electrons. The SMILES string of the molecule is Cn1nnnc1NCc1ccc(-c2cccc(Cl)c2)o1. The Morgan fingerprint density at radius 1 is 1.30 bits per heavy atom. The second-order valence-electron chi connectivity index (χ2n) is 4.26. The fourth-order valence-electron chi connectivity index (χ4n) is 1.82. The molecular weight excluding hydrogens is 278 g/mol. The molecule has 3 rings (SSSR count). The van der Waals surface area contributed by atoms with Gasteiger partial charge < -0.3 is 9.73 Å². The second-order valence-corrected chi connectivity index (χ2v) is 4.69.